The monoisotopic (exact) mass is 386 g/mol. The largest absolute Gasteiger partial charge is 0.0762 e. The summed E-state index contributed by atoms with van der Waals surface area (Å²) in [6.45, 7) is 13.5. The van der Waals surface area contributed by atoms with E-state index in [2.05, 4.69) is 63.5 Å². The minimum absolute atomic E-state index is 0. The van der Waals surface area contributed by atoms with Gasteiger partial charge in [-0.15, -0.1) is 0 Å². The summed E-state index contributed by atoms with van der Waals surface area (Å²) in [5, 5.41) is 0. The van der Waals surface area contributed by atoms with Crippen LogP contribution in [0.3, 0.4) is 0 Å². The molecule has 0 atom stereocenters. The first-order valence-electron chi connectivity index (χ1n) is 3.68. The van der Waals surface area contributed by atoms with Crippen molar-refractivity contribution in [3.63, 3.8) is 0 Å². The summed E-state index contributed by atoms with van der Waals surface area (Å²) in [7, 11) is 0. The molecule has 0 unspecified atom stereocenters. The van der Waals surface area contributed by atoms with Crippen molar-refractivity contribution >= 4 is 0 Å². The third-order valence-corrected chi connectivity index (χ3v) is 1.55. The molecule has 3 nitrogen and oxygen atoms in total. The predicted octanol–water partition coefficient (Wildman–Crippen LogP) is 1.77. The summed E-state index contributed by atoms with van der Waals surface area (Å²) in [6.07, 6.45) is 14.7. The molecular formula is C12H7O3Re. The van der Waals surface area contributed by atoms with Gasteiger partial charge in [0.05, 0.1) is 0 Å². The predicted molar refractivity (Wildman–Crippen MR) is 49.5 cm³/mol. The topological polar surface area (TPSA) is 59.7 Å². The fourth-order valence-electron chi connectivity index (χ4n) is 1.07. The molecule has 2 rings (SSSR count). The van der Waals surface area contributed by atoms with E-state index in [1.807, 2.05) is 0 Å². The number of fused-ring (bicyclic) bond motifs is 1. The van der Waals surface area contributed by atoms with Crippen molar-refractivity contribution in [3.8, 4) is 0 Å². The number of rotatable bonds is 0. The minimum Gasteiger partial charge on any atom is -0.0762 e. The molecule has 2 aliphatic carbocycles. The van der Waals surface area contributed by atoms with Crippen LogP contribution in [0.1, 0.15) is 0 Å². The van der Waals surface area contributed by atoms with Gasteiger partial charge in [0.15, 0.2) is 0 Å². The Kier molecular flexibility index (Phi) is 21.7. The van der Waals surface area contributed by atoms with Gasteiger partial charge in [0.2, 0.25) is 0 Å². The van der Waals surface area contributed by atoms with Crippen molar-refractivity contribution < 1.29 is 34.4 Å². The molecular weight excluding hydrogens is 378 g/mol. The summed E-state index contributed by atoms with van der Waals surface area (Å²) in [4.78, 5) is 0. The Morgan fingerprint density at radius 1 is 0.688 bits per heavy atom. The zero-order valence-electron chi connectivity index (χ0n) is 8.14. The van der Waals surface area contributed by atoms with E-state index >= 15 is 0 Å². The number of hydrogen-bond donors (Lipinski definition) is 0. The molecule has 0 aromatic carbocycles. The van der Waals surface area contributed by atoms with E-state index in [0.29, 0.717) is 0 Å². The van der Waals surface area contributed by atoms with Gasteiger partial charge in [-0.3, -0.25) is 0 Å². The van der Waals surface area contributed by atoms with Crippen molar-refractivity contribution in [3.05, 3.63) is 75.4 Å². The molecule has 6 radical (unpaired) electrons. The molecule has 2 aliphatic rings. The maximum atomic E-state index is 7.50. The van der Waals surface area contributed by atoms with Gasteiger partial charge in [0.25, 0.3) is 0 Å². The van der Waals surface area contributed by atoms with Crippen LogP contribution in [0.2, 0.25) is 0 Å². The third-order valence-electron chi connectivity index (χ3n) is 1.55. The van der Waals surface area contributed by atoms with Gasteiger partial charge in [-0.25, -0.2) is 0 Å². The van der Waals surface area contributed by atoms with Gasteiger partial charge in [0.1, 0.15) is 0 Å². The van der Waals surface area contributed by atoms with Crippen LogP contribution in [-0.2, 0) is 34.4 Å². The molecule has 16 heavy (non-hydrogen) atoms. The third kappa shape index (κ3) is 7.63. The van der Waals surface area contributed by atoms with E-state index in [0.717, 1.165) is 0 Å². The summed E-state index contributed by atoms with van der Waals surface area (Å²) in [6, 6.07) is 0. The maximum Gasteiger partial charge on any atom is 0.0124 e. The van der Waals surface area contributed by atoms with Crippen molar-refractivity contribution in [2.45, 2.75) is 0 Å². The Morgan fingerprint density at radius 2 is 1.00 bits per heavy atom. The first-order valence-corrected chi connectivity index (χ1v) is 3.68. The maximum absolute atomic E-state index is 7.50. The molecule has 4 heteroatoms. The molecule has 1 saturated carbocycles. The fourth-order valence-corrected chi connectivity index (χ4v) is 1.07. The van der Waals surface area contributed by atoms with Crippen LogP contribution in [0.4, 0.5) is 0 Å². The molecule has 0 N–H and O–H groups in total. The Balaban J connectivity index is -0.000000214. The molecule has 0 saturated heterocycles. The van der Waals surface area contributed by atoms with Crippen molar-refractivity contribution in [2.24, 2.45) is 0 Å². The van der Waals surface area contributed by atoms with E-state index in [-0.39, 0.29) is 20.4 Å². The summed E-state index contributed by atoms with van der Waals surface area (Å²) in [5.41, 5.74) is 0. The van der Waals surface area contributed by atoms with Gasteiger partial charge in [0, 0.05) is 32.3 Å². The van der Waals surface area contributed by atoms with E-state index in [1.54, 1.807) is 0 Å². The summed E-state index contributed by atoms with van der Waals surface area (Å²) >= 11 is 0. The molecule has 1 fully saturated rings. The van der Waals surface area contributed by atoms with Crippen molar-refractivity contribution in [1.82, 2.24) is 0 Å². The zero-order chi connectivity index (χ0) is 12.1. The molecule has 0 aliphatic heterocycles. The van der Waals surface area contributed by atoms with Crippen LogP contribution in [0.5, 0.6) is 0 Å². The second-order valence-electron chi connectivity index (χ2n) is 2.15. The van der Waals surface area contributed by atoms with E-state index < -0.39 is 0 Å². The normalized spacial score (nSPS) is 15.6. The molecule has 0 heterocycles. The number of hydrogen-bond acceptors (Lipinski definition) is 0. The second kappa shape index (κ2) is 16.8. The SMILES string of the molecule is [C-]#[O+].[C-]#[O+].[C-]#[O+].[CH]1[CH][C]2C=CC=C[C]2[CH]1.[Re]. The van der Waals surface area contributed by atoms with Crippen LogP contribution >= 0.6 is 0 Å². The van der Waals surface area contributed by atoms with Crippen LogP contribution in [0.25, 0.3) is 0 Å². The van der Waals surface area contributed by atoms with Crippen LogP contribution in [-0.4, -0.2) is 0 Å². The van der Waals surface area contributed by atoms with E-state index in [4.69, 9.17) is 14.0 Å². The average molecular weight is 385 g/mol. The molecule has 0 aromatic heterocycles. The minimum atomic E-state index is 0. The Hall–Kier alpha value is -0.638. The Morgan fingerprint density at radius 3 is 1.31 bits per heavy atom. The van der Waals surface area contributed by atoms with Gasteiger partial charge >= 0.3 is 33.9 Å². The second-order valence-corrected chi connectivity index (χ2v) is 2.15. The quantitative estimate of drug-likeness (QED) is 0.451. The van der Waals surface area contributed by atoms with Crippen LogP contribution in [0, 0.1) is 51.0 Å². The van der Waals surface area contributed by atoms with E-state index in [1.165, 1.54) is 11.8 Å². The summed E-state index contributed by atoms with van der Waals surface area (Å²) in [5.74, 6) is 2.66. The van der Waals surface area contributed by atoms with E-state index in [9.17, 15) is 0 Å². The van der Waals surface area contributed by atoms with Crippen LogP contribution < -0.4 is 0 Å². The standard InChI is InChI=1S/C9H7.3CO.Re/c1-2-5-9-7-3-6-8(9)4-1;3*1-2;/h1-7H;;;;. The molecule has 0 bridgehead atoms. The molecule has 0 aromatic rings. The van der Waals surface area contributed by atoms with Crippen molar-refractivity contribution in [2.75, 3.05) is 0 Å². The average Bonchev–Trinajstić information content (AvgIpc) is 2.85. The smallest absolute Gasteiger partial charge is 0.0124 e. The summed E-state index contributed by atoms with van der Waals surface area (Å²) < 4.78 is 22.5. The Labute approximate surface area is 110 Å². The van der Waals surface area contributed by atoms with Gasteiger partial charge < -0.3 is 0 Å². The zero-order valence-corrected chi connectivity index (χ0v) is 10.9. The first kappa shape index (κ1) is 20.7. The molecule has 0 amide bonds. The van der Waals surface area contributed by atoms with Crippen LogP contribution in [0.15, 0.2) is 24.3 Å². The first-order chi connectivity index (χ1) is 7.47. The fraction of sp³-hybridized carbons (Fsp3) is 0. The molecule has 80 valence electrons. The Bertz CT molecular complexity index is 231. The molecule has 0 spiro atoms. The van der Waals surface area contributed by atoms with Gasteiger partial charge in [-0.05, 0) is 19.3 Å². The van der Waals surface area contributed by atoms with Gasteiger partial charge in [-0.2, -0.15) is 0 Å². The van der Waals surface area contributed by atoms with Crippen molar-refractivity contribution in [1.29, 1.82) is 0 Å². The van der Waals surface area contributed by atoms with Gasteiger partial charge in [-0.1, -0.05) is 24.3 Å². The number of allylic oxidation sites excluding steroid dienone is 4.